The molecule has 4 aromatic carbocycles. The number of imide groups is 2. The van der Waals surface area contributed by atoms with Gasteiger partial charge < -0.3 is 39.4 Å². The van der Waals surface area contributed by atoms with Crippen LogP contribution in [0.5, 0.6) is 17.2 Å². The van der Waals surface area contributed by atoms with Crippen LogP contribution in [-0.4, -0.2) is 152 Å². The van der Waals surface area contributed by atoms with Crippen LogP contribution in [-0.2, 0) is 30.4 Å². The molecule has 9 rings (SSSR count). The molecule has 1 atom stereocenters. The monoisotopic (exact) mass is 991 g/mol. The first-order valence-corrected chi connectivity index (χ1v) is 23.2. The van der Waals surface area contributed by atoms with Gasteiger partial charge in [-0.3, -0.25) is 58.6 Å². The van der Waals surface area contributed by atoms with Crippen molar-refractivity contribution >= 4 is 75.8 Å². The van der Waals surface area contributed by atoms with Crippen molar-refractivity contribution in [1.82, 2.24) is 25.0 Å². The van der Waals surface area contributed by atoms with Crippen LogP contribution in [0, 0.1) is 0 Å². The number of piperazine rings is 1. The number of nitrogens with zero attached hydrogens (tertiary/aromatic N) is 4. The minimum absolute atomic E-state index is 0.0443. The largest absolute Gasteiger partial charge is 0.490 e. The summed E-state index contributed by atoms with van der Waals surface area (Å²) in [6.07, 6.45) is 0.122. The van der Waals surface area contributed by atoms with Crippen molar-refractivity contribution < 1.29 is 62.4 Å². The molecule has 0 saturated carbocycles. The SMILES string of the molecule is O=C1CCC(N2C(=O)c3cccc(OCCOCCOCCN4CCN(Cc5ccc6cc(C(=O)Nc7cc(NC(=O)c8ccc9c(c8)OCCO9)ccc7Cl)ccc6n5)CC4)c3C2=O)C(=O)N1.O=CO. The molecule has 2 fully saturated rings. The van der Waals surface area contributed by atoms with E-state index in [1.165, 1.54) is 6.07 Å². The Kier molecular flexibility index (Phi) is 16.5. The quantitative estimate of drug-likeness (QED) is 0.0570. The average Bonchev–Trinajstić information content (AvgIpc) is 3.63. The first-order chi connectivity index (χ1) is 34.5. The number of fused-ring (bicyclic) bond motifs is 3. The molecule has 4 aliphatic rings. The van der Waals surface area contributed by atoms with Crippen molar-refractivity contribution in [1.29, 1.82) is 0 Å². The summed E-state index contributed by atoms with van der Waals surface area (Å²) in [4.78, 5) is 95.5. The summed E-state index contributed by atoms with van der Waals surface area (Å²) < 4.78 is 28.4. The molecule has 4 aliphatic heterocycles. The van der Waals surface area contributed by atoms with E-state index in [1.807, 2.05) is 18.2 Å². The maximum Gasteiger partial charge on any atom is 0.290 e. The van der Waals surface area contributed by atoms with E-state index in [1.54, 1.807) is 60.7 Å². The van der Waals surface area contributed by atoms with Crippen molar-refractivity contribution in [3.63, 3.8) is 0 Å². The van der Waals surface area contributed by atoms with Gasteiger partial charge in [0.1, 0.15) is 31.6 Å². The molecule has 0 radical (unpaired) electrons. The third-order valence-electron chi connectivity index (χ3n) is 12.0. The van der Waals surface area contributed by atoms with Crippen molar-refractivity contribution in [2.75, 3.05) is 89.6 Å². The second-order valence-corrected chi connectivity index (χ2v) is 17.0. The van der Waals surface area contributed by atoms with Gasteiger partial charge in [0.15, 0.2) is 11.5 Å². The third-order valence-corrected chi connectivity index (χ3v) is 12.3. The Bertz CT molecular complexity index is 2840. The summed E-state index contributed by atoms with van der Waals surface area (Å²) >= 11 is 6.45. The number of aromatic nitrogens is 1. The molecule has 6 amide bonds. The maximum absolute atomic E-state index is 13.4. The molecule has 20 nitrogen and oxygen atoms in total. The average molecular weight is 992 g/mol. The second-order valence-electron chi connectivity index (χ2n) is 16.6. The summed E-state index contributed by atoms with van der Waals surface area (Å²) in [7, 11) is 0. The number of rotatable bonds is 17. The molecule has 0 aliphatic carbocycles. The molecule has 1 unspecified atom stereocenters. The molecule has 5 heterocycles. The van der Waals surface area contributed by atoms with Gasteiger partial charge in [-0.1, -0.05) is 23.7 Å². The van der Waals surface area contributed by atoms with Gasteiger partial charge >= 0.3 is 0 Å². The van der Waals surface area contributed by atoms with Crippen LogP contribution in [0.1, 0.15) is 60.0 Å². The van der Waals surface area contributed by atoms with Crippen LogP contribution in [0.2, 0.25) is 5.02 Å². The van der Waals surface area contributed by atoms with Crippen LogP contribution in [0.15, 0.2) is 84.9 Å². The normalized spacial score (nSPS) is 16.7. The number of ether oxygens (including phenoxy) is 5. The zero-order valence-corrected chi connectivity index (χ0v) is 39.1. The maximum atomic E-state index is 13.4. The zero-order valence-electron chi connectivity index (χ0n) is 38.4. The van der Waals surface area contributed by atoms with Gasteiger partial charge in [0, 0.05) is 67.9 Å². The van der Waals surface area contributed by atoms with Gasteiger partial charge in [-0.2, -0.15) is 0 Å². The number of halogens is 1. The van der Waals surface area contributed by atoms with Crippen molar-refractivity contribution in [3.8, 4) is 17.2 Å². The van der Waals surface area contributed by atoms with E-state index in [4.69, 9.17) is 50.2 Å². The molecule has 370 valence electrons. The fraction of sp³-hybridized carbons (Fsp3) is 0.320. The highest BCUT2D eigenvalue weighted by Gasteiger charge is 2.46. The number of nitrogens with one attached hydrogen (secondary N) is 3. The number of hydrogen-bond donors (Lipinski definition) is 4. The molecule has 2 saturated heterocycles. The number of hydrogen-bond acceptors (Lipinski definition) is 15. The van der Waals surface area contributed by atoms with Crippen LogP contribution in [0.4, 0.5) is 11.4 Å². The molecule has 21 heteroatoms. The summed E-state index contributed by atoms with van der Waals surface area (Å²) in [6.45, 7) is 7.35. The van der Waals surface area contributed by atoms with Crippen LogP contribution in [0.25, 0.3) is 10.9 Å². The number of amides is 6. The summed E-state index contributed by atoms with van der Waals surface area (Å²) in [6, 6.07) is 22.9. The van der Waals surface area contributed by atoms with E-state index in [-0.39, 0.29) is 61.2 Å². The van der Waals surface area contributed by atoms with E-state index >= 15 is 0 Å². The Morgan fingerprint density at radius 1 is 0.789 bits per heavy atom. The molecule has 1 aromatic heterocycles. The first-order valence-electron chi connectivity index (χ1n) is 22.9. The molecular formula is C50H50ClN7O13. The highest BCUT2D eigenvalue weighted by molar-refractivity contribution is 6.34. The van der Waals surface area contributed by atoms with Crippen molar-refractivity contribution in [2.45, 2.75) is 25.4 Å². The van der Waals surface area contributed by atoms with E-state index in [0.29, 0.717) is 78.6 Å². The lowest BCUT2D eigenvalue weighted by atomic mass is 10.0. The van der Waals surface area contributed by atoms with Gasteiger partial charge in [-0.05, 0) is 79.2 Å². The smallest absolute Gasteiger partial charge is 0.290 e. The minimum Gasteiger partial charge on any atom is -0.490 e. The lowest BCUT2D eigenvalue weighted by Gasteiger charge is -2.34. The van der Waals surface area contributed by atoms with E-state index in [0.717, 1.165) is 54.2 Å². The van der Waals surface area contributed by atoms with Gasteiger partial charge in [0.05, 0.1) is 59.5 Å². The Hall–Kier alpha value is -7.49. The highest BCUT2D eigenvalue weighted by atomic mass is 35.5. The number of piperidine rings is 1. The molecule has 0 spiro atoms. The fourth-order valence-corrected chi connectivity index (χ4v) is 8.57. The third kappa shape index (κ3) is 12.3. The minimum atomic E-state index is -1.05. The summed E-state index contributed by atoms with van der Waals surface area (Å²) in [5.74, 6) is -1.69. The first kappa shape index (κ1) is 49.9. The van der Waals surface area contributed by atoms with E-state index in [2.05, 4.69) is 25.8 Å². The number of anilines is 2. The Labute approximate surface area is 412 Å². The van der Waals surface area contributed by atoms with Gasteiger partial charge in [0.2, 0.25) is 11.8 Å². The Morgan fingerprint density at radius 3 is 2.28 bits per heavy atom. The van der Waals surface area contributed by atoms with Crippen molar-refractivity contribution in [3.05, 3.63) is 118 Å². The van der Waals surface area contributed by atoms with E-state index < -0.39 is 29.7 Å². The predicted octanol–water partition coefficient (Wildman–Crippen LogP) is 4.50. The summed E-state index contributed by atoms with van der Waals surface area (Å²) in [5.41, 5.74) is 3.61. The number of carboxylic acid groups (broad SMARTS) is 1. The number of benzene rings is 4. The lowest BCUT2D eigenvalue weighted by Crippen LogP contribution is -2.54. The highest BCUT2D eigenvalue weighted by Crippen LogP contribution is 2.34. The molecule has 0 bridgehead atoms. The van der Waals surface area contributed by atoms with Gasteiger partial charge in [0.25, 0.3) is 30.1 Å². The van der Waals surface area contributed by atoms with Crippen LogP contribution < -0.4 is 30.2 Å². The topological polar surface area (TPSA) is 245 Å². The number of pyridine rings is 1. The van der Waals surface area contributed by atoms with Gasteiger partial charge in [-0.15, -0.1) is 0 Å². The molecule has 4 N–H and O–H groups in total. The predicted molar refractivity (Wildman–Crippen MR) is 257 cm³/mol. The fourth-order valence-electron chi connectivity index (χ4n) is 8.41. The Morgan fingerprint density at radius 2 is 1.49 bits per heavy atom. The Balaban J connectivity index is 0.00000220. The molecule has 5 aromatic rings. The van der Waals surface area contributed by atoms with Gasteiger partial charge in [-0.25, -0.2) is 0 Å². The molecule has 71 heavy (non-hydrogen) atoms. The second kappa shape index (κ2) is 23.4. The molecular weight excluding hydrogens is 942 g/mol. The van der Waals surface area contributed by atoms with Crippen LogP contribution >= 0.6 is 11.6 Å². The van der Waals surface area contributed by atoms with E-state index in [9.17, 15) is 28.8 Å². The number of carbonyl (C=O) groups is 7. The number of carbonyl (C=O) groups excluding carboxylic acids is 6. The van der Waals surface area contributed by atoms with Crippen LogP contribution in [0.3, 0.4) is 0 Å². The lowest BCUT2D eigenvalue weighted by molar-refractivity contribution is -0.136. The van der Waals surface area contributed by atoms with Crippen molar-refractivity contribution in [2.24, 2.45) is 0 Å². The summed E-state index contributed by atoms with van der Waals surface area (Å²) in [5, 5.41) is 15.9. The zero-order chi connectivity index (χ0) is 49.9. The standard InChI is InChI=1S/C49H48ClN7O11.CH2O2/c50-36-9-8-33(52-45(59)32-6-12-40-42(27-32)68-25-24-66-40)28-38(36)53-46(60)31-5-10-37-30(26-31)4-7-34(51-37)29-56-16-14-55(15-17-56)18-19-64-20-21-65-22-23-67-41-3-1-2-35-44(41)49(63)57(48(35)62)39-11-13-43(58)54-47(39)61;2-1-3/h1-10,12,26-28,39H,11,13-25,29H2,(H,52,59)(H,53,60)(H,54,58,61);1H,(H,2,3).